The summed E-state index contributed by atoms with van der Waals surface area (Å²) in [5.74, 6) is 0.261. The highest BCUT2D eigenvalue weighted by molar-refractivity contribution is 7.39. The molecule has 6 nitrogen and oxygen atoms in total. The number of nitrogens with one attached hydrogen (secondary N) is 1. The number of methoxy groups -OCH3 is 1. The lowest BCUT2D eigenvalue weighted by Crippen LogP contribution is -2.48. The molecule has 0 saturated carbocycles. The molecule has 220 valence electrons. The molecule has 1 unspecified atom stereocenters. The summed E-state index contributed by atoms with van der Waals surface area (Å²) >= 11 is 0. The zero-order valence-electron chi connectivity index (χ0n) is 24.1. The molecule has 3 atom stereocenters. The smallest absolute Gasteiger partial charge is 0.163 e. The molecule has 3 aromatic carbocycles. The van der Waals surface area contributed by atoms with E-state index in [9.17, 15) is 18.7 Å². The summed E-state index contributed by atoms with van der Waals surface area (Å²) in [5, 5.41) is 14.9. The molecule has 1 aliphatic rings. The monoisotopic (exact) mass is 591 g/mol. The van der Waals surface area contributed by atoms with Crippen LogP contribution in [0.3, 0.4) is 0 Å². The zero-order valence-corrected chi connectivity index (χ0v) is 25.1. The molecule has 4 aromatic rings. The largest absolute Gasteiger partial charge is 0.497 e. The van der Waals surface area contributed by atoms with E-state index in [2.05, 4.69) is 34.1 Å². The van der Waals surface area contributed by atoms with Gasteiger partial charge in [0.25, 0.3) is 0 Å². The van der Waals surface area contributed by atoms with Crippen LogP contribution in [0.2, 0.25) is 0 Å². The van der Waals surface area contributed by atoms with Crippen molar-refractivity contribution >= 4 is 25.4 Å². The molecule has 0 bridgehead atoms. The molecule has 1 saturated heterocycles. The number of fused-ring (bicyclic) bond motifs is 1. The van der Waals surface area contributed by atoms with E-state index >= 15 is 0 Å². The van der Waals surface area contributed by atoms with E-state index in [1.165, 1.54) is 36.4 Å². The van der Waals surface area contributed by atoms with Crippen molar-refractivity contribution in [2.75, 3.05) is 20.3 Å². The standard InChI is InChI=1S/C33H36F2N3O3P/c1-5-33(20-38(42-33)21(2)36-18-22-6-10-25(34)11-7-22)31-28-15-14-27(41-4)17-29(28)37(3)32(31)24(19-39)16-30(40)23-8-12-26(35)13-9-23/h6-15,17,24,36,39,42H,2,5,16,18-20H2,1,3-4H3/t24-,33-/m1/s1. The molecule has 5 rings (SSSR count). The van der Waals surface area contributed by atoms with Gasteiger partial charge in [0, 0.05) is 55.2 Å². The number of aliphatic hydroxyl groups excluding tert-OH is 1. The summed E-state index contributed by atoms with van der Waals surface area (Å²) in [6, 6.07) is 17.9. The lowest BCUT2D eigenvalue weighted by Gasteiger charge is -2.52. The average molecular weight is 592 g/mol. The second-order valence-electron chi connectivity index (χ2n) is 10.8. The van der Waals surface area contributed by atoms with Crippen LogP contribution >= 0.6 is 8.73 Å². The topological polar surface area (TPSA) is 66.7 Å². The molecule has 2 heterocycles. The first-order chi connectivity index (χ1) is 20.2. The number of benzene rings is 3. The first-order valence-electron chi connectivity index (χ1n) is 14.0. The number of hydrogen-bond donors (Lipinski definition) is 2. The van der Waals surface area contributed by atoms with Gasteiger partial charge in [0.05, 0.1) is 30.2 Å². The SMILES string of the molecule is C=C(NCc1ccc(F)cc1)N1C[C@](CC)(c2c([C@@H](CO)CC(=O)c3ccc(F)cc3)n(C)c3cc(OC)ccc23)P1. The molecule has 0 radical (unpaired) electrons. The summed E-state index contributed by atoms with van der Waals surface area (Å²) in [6.07, 6.45) is 0.949. The van der Waals surface area contributed by atoms with Gasteiger partial charge in [-0.2, -0.15) is 0 Å². The number of hydrogen-bond acceptors (Lipinski definition) is 5. The minimum atomic E-state index is -0.456. The summed E-state index contributed by atoms with van der Waals surface area (Å²) < 4.78 is 36.6. The Bertz CT molecular complexity index is 1600. The first-order valence-corrected chi connectivity index (χ1v) is 14.9. The van der Waals surface area contributed by atoms with Crippen LogP contribution < -0.4 is 10.1 Å². The molecule has 42 heavy (non-hydrogen) atoms. The van der Waals surface area contributed by atoms with Crippen LogP contribution in [0, 0.1) is 11.6 Å². The van der Waals surface area contributed by atoms with Crippen LogP contribution in [0.15, 0.2) is 79.1 Å². The first kappa shape index (κ1) is 29.7. The van der Waals surface area contributed by atoms with Gasteiger partial charge in [0.2, 0.25) is 0 Å². The van der Waals surface area contributed by atoms with Crippen LogP contribution in [0.5, 0.6) is 5.75 Å². The number of Topliss-reactive ketones (excluding diaryl/α,β-unsaturated/α-hetero) is 1. The Morgan fingerprint density at radius 1 is 1.12 bits per heavy atom. The van der Waals surface area contributed by atoms with Gasteiger partial charge in [-0.3, -0.25) is 4.79 Å². The van der Waals surface area contributed by atoms with Gasteiger partial charge >= 0.3 is 0 Å². The number of aromatic nitrogens is 1. The lowest BCUT2D eigenvalue weighted by atomic mass is 9.85. The Morgan fingerprint density at radius 2 is 1.76 bits per heavy atom. The van der Waals surface area contributed by atoms with Crippen molar-refractivity contribution in [3.05, 3.63) is 113 Å². The fourth-order valence-electron chi connectivity index (χ4n) is 5.85. The van der Waals surface area contributed by atoms with E-state index < -0.39 is 11.7 Å². The Kier molecular flexibility index (Phi) is 8.67. The highest BCUT2D eigenvalue weighted by Gasteiger charge is 2.48. The number of carbonyl (C=O) groups excluding carboxylic acids is 1. The van der Waals surface area contributed by atoms with Crippen LogP contribution in [0.25, 0.3) is 10.9 Å². The number of ketones is 1. The van der Waals surface area contributed by atoms with Gasteiger partial charge in [-0.05, 0) is 74.8 Å². The van der Waals surface area contributed by atoms with E-state index in [0.717, 1.165) is 52.3 Å². The maximum atomic E-state index is 13.5. The van der Waals surface area contributed by atoms with E-state index in [1.807, 2.05) is 19.2 Å². The highest BCUT2D eigenvalue weighted by atomic mass is 31.1. The highest BCUT2D eigenvalue weighted by Crippen LogP contribution is 2.61. The normalized spacial score (nSPS) is 17.7. The predicted octanol–water partition coefficient (Wildman–Crippen LogP) is 6.59. The number of rotatable bonds is 12. The number of ether oxygens (including phenoxy) is 1. The van der Waals surface area contributed by atoms with Crippen molar-refractivity contribution < 1.29 is 23.4 Å². The molecule has 1 aromatic heterocycles. The quantitative estimate of drug-likeness (QED) is 0.144. The fraction of sp³-hybridized carbons (Fsp3) is 0.303. The number of carbonyl (C=O) groups is 1. The maximum Gasteiger partial charge on any atom is 0.163 e. The van der Waals surface area contributed by atoms with Gasteiger partial charge in [-0.25, -0.2) is 8.78 Å². The van der Waals surface area contributed by atoms with Crippen molar-refractivity contribution in [2.24, 2.45) is 7.05 Å². The molecule has 0 amide bonds. The number of nitrogens with zero attached hydrogens (tertiary/aromatic N) is 2. The maximum absolute atomic E-state index is 13.5. The van der Waals surface area contributed by atoms with Crippen molar-refractivity contribution in [3.63, 3.8) is 0 Å². The van der Waals surface area contributed by atoms with Crippen molar-refractivity contribution in [1.82, 2.24) is 14.6 Å². The van der Waals surface area contributed by atoms with Crippen LogP contribution in [-0.4, -0.2) is 40.4 Å². The average Bonchev–Trinajstić information content (AvgIpc) is 3.27. The van der Waals surface area contributed by atoms with Crippen molar-refractivity contribution in [3.8, 4) is 5.75 Å². The second-order valence-corrected chi connectivity index (χ2v) is 12.5. The van der Waals surface area contributed by atoms with Crippen LogP contribution in [0.4, 0.5) is 8.78 Å². The van der Waals surface area contributed by atoms with E-state index in [-0.39, 0.29) is 29.8 Å². The van der Waals surface area contributed by atoms with Crippen molar-refractivity contribution in [2.45, 2.75) is 37.4 Å². The summed E-state index contributed by atoms with van der Waals surface area (Å²) in [5.41, 5.74) is 4.41. The van der Waals surface area contributed by atoms with E-state index in [0.29, 0.717) is 20.8 Å². The molecule has 2 N–H and O–H groups in total. The number of aliphatic hydroxyl groups is 1. The summed E-state index contributed by atoms with van der Waals surface area (Å²) in [4.78, 5) is 13.3. The van der Waals surface area contributed by atoms with Crippen molar-refractivity contribution in [1.29, 1.82) is 0 Å². The van der Waals surface area contributed by atoms with Gasteiger partial charge in [-0.15, -0.1) is 0 Å². The third-order valence-electron chi connectivity index (χ3n) is 8.25. The van der Waals surface area contributed by atoms with E-state index in [1.54, 1.807) is 19.2 Å². The predicted molar refractivity (Wildman–Crippen MR) is 164 cm³/mol. The Balaban J connectivity index is 1.46. The van der Waals surface area contributed by atoms with Crippen LogP contribution in [0.1, 0.15) is 52.9 Å². The van der Waals surface area contributed by atoms with Gasteiger partial charge in [0.1, 0.15) is 17.4 Å². The Morgan fingerprint density at radius 3 is 2.36 bits per heavy atom. The molecule has 1 fully saturated rings. The Hall–Kier alpha value is -3.74. The third kappa shape index (κ3) is 5.66. The molecular weight excluding hydrogens is 555 g/mol. The number of aryl methyl sites for hydroxylation is 1. The zero-order chi connectivity index (χ0) is 30.0. The summed E-state index contributed by atoms with van der Waals surface area (Å²) in [7, 11) is 3.99. The lowest BCUT2D eigenvalue weighted by molar-refractivity contribution is 0.0958. The number of halogens is 2. The minimum Gasteiger partial charge on any atom is -0.497 e. The van der Waals surface area contributed by atoms with Gasteiger partial charge in [-0.1, -0.05) is 25.6 Å². The fourth-order valence-corrected chi connectivity index (χ4v) is 7.43. The van der Waals surface area contributed by atoms with Crippen LogP contribution in [-0.2, 0) is 18.7 Å². The molecule has 0 spiro atoms. The Labute approximate surface area is 246 Å². The molecular formula is C33H36F2N3O3P. The minimum absolute atomic E-state index is 0.0922. The molecule has 1 aliphatic heterocycles. The molecule has 9 heteroatoms. The second kappa shape index (κ2) is 12.2. The van der Waals surface area contributed by atoms with Gasteiger partial charge in [0.15, 0.2) is 5.78 Å². The third-order valence-corrected chi connectivity index (χ3v) is 10.1. The molecule has 0 aliphatic carbocycles. The van der Waals surface area contributed by atoms with Gasteiger partial charge < -0.3 is 24.4 Å². The van der Waals surface area contributed by atoms with E-state index in [4.69, 9.17) is 4.74 Å². The summed E-state index contributed by atoms with van der Waals surface area (Å²) in [6.45, 7) is 7.48.